The van der Waals surface area contributed by atoms with Crippen LogP contribution in [0.2, 0.25) is 0 Å². The summed E-state index contributed by atoms with van der Waals surface area (Å²) in [4.78, 5) is 0. The second-order valence-electron chi connectivity index (χ2n) is 3.90. The van der Waals surface area contributed by atoms with E-state index in [4.69, 9.17) is 10.5 Å². The number of hydrogen-bond donors (Lipinski definition) is 1. The van der Waals surface area contributed by atoms with E-state index in [9.17, 15) is 4.39 Å². The van der Waals surface area contributed by atoms with Gasteiger partial charge in [0.05, 0.1) is 0 Å². The Kier molecular flexibility index (Phi) is 5.86. The van der Waals surface area contributed by atoms with E-state index in [1.165, 1.54) is 6.07 Å². The Balaban J connectivity index is 0.000000861. The van der Waals surface area contributed by atoms with E-state index < -0.39 is 0 Å². The van der Waals surface area contributed by atoms with Crippen molar-refractivity contribution in [3.8, 4) is 5.75 Å². The first-order valence-electron chi connectivity index (χ1n) is 6.39. The first kappa shape index (κ1) is 15.0. The van der Waals surface area contributed by atoms with Crippen LogP contribution in [-0.2, 0) is 6.61 Å². The van der Waals surface area contributed by atoms with Gasteiger partial charge in [0.2, 0.25) is 0 Å². The van der Waals surface area contributed by atoms with Gasteiger partial charge >= 0.3 is 0 Å². The quantitative estimate of drug-likeness (QED) is 0.835. The second-order valence-corrected chi connectivity index (χ2v) is 3.90. The number of ether oxygens (including phenoxy) is 1. The zero-order chi connectivity index (χ0) is 14.3. The molecule has 0 unspecified atom stereocenters. The number of halogens is 1. The van der Waals surface area contributed by atoms with Gasteiger partial charge in [0, 0.05) is 11.3 Å². The normalized spacial score (nSPS) is 9.47. The highest BCUT2D eigenvalue weighted by atomic mass is 19.1. The summed E-state index contributed by atoms with van der Waals surface area (Å²) in [5.41, 5.74) is 7.93. The molecule has 0 aliphatic heterocycles. The van der Waals surface area contributed by atoms with E-state index in [1.54, 1.807) is 30.3 Å². The van der Waals surface area contributed by atoms with Crippen LogP contribution in [-0.4, -0.2) is 0 Å². The fraction of sp³-hybridized carbons (Fsp3) is 0.250. The maximum atomic E-state index is 13.3. The van der Waals surface area contributed by atoms with Crippen LogP contribution in [0.3, 0.4) is 0 Å². The largest absolute Gasteiger partial charge is 0.489 e. The minimum Gasteiger partial charge on any atom is -0.489 e. The Labute approximate surface area is 114 Å². The summed E-state index contributed by atoms with van der Waals surface area (Å²) in [5, 5.41) is 0. The zero-order valence-corrected chi connectivity index (χ0v) is 11.6. The Morgan fingerprint density at radius 2 is 1.79 bits per heavy atom. The van der Waals surface area contributed by atoms with Crippen molar-refractivity contribution in [1.82, 2.24) is 0 Å². The number of nitrogen functional groups attached to an aromatic ring is 1. The summed E-state index contributed by atoms with van der Waals surface area (Å²) in [7, 11) is 0. The standard InChI is InChI=1S/C14H14FNO.C2H6/c1-10-8-12(6-7-14(10)16)17-9-11-4-2-3-5-13(11)15;1-2/h2-8H,9,16H2,1H3;1-2H3. The monoisotopic (exact) mass is 261 g/mol. The molecule has 0 radical (unpaired) electrons. The van der Waals surface area contributed by atoms with Crippen molar-refractivity contribution in [2.45, 2.75) is 27.4 Å². The van der Waals surface area contributed by atoms with Gasteiger partial charge in [-0.15, -0.1) is 0 Å². The molecule has 0 saturated heterocycles. The van der Waals surface area contributed by atoms with Gasteiger partial charge in [-0.3, -0.25) is 0 Å². The molecule has 2 aromatic carbocycles. The fourth-order valence-electron chi connectivity index (χ4n) is 1.51. The van der Waals surface area contributed by atoms with Gasteiger partial charge in [-0.25, -0.2) is 4.39 Å². The van der Waals surface area contributed by atoms with Gasteiger partial charge in [-0.1, -0.05) is 32.0 Å². The average Bonchev–Trinajstić information content (AvgIpc) is 2.44. The van der Waals surface area contributed by atoms with Crippen LogP contribution in [0, 0.1) is 12.7 Å². The molecule has 0 atom stereocenters. The van der Waals surface area contributed by atoms with Gasteiger partial charge in [0.1, 0.15) is 18.2 Å². The van der Waals surface area contributed by atoms with Crippen molar-refractivity contribution >= 4 is 5.69 Å². The van der Waals surface area contributed by atoms with Crippen molar-refractivity contribution in [1.29, 1.82) is 0 Å². The fourth-order valence-corrected chi connectivity index (χ4v) is 1.51. The first-order chi connectivity index (χ1) is 9.16. The van der Waals surface area contributed by atoms with Crippen molar-refractivity contribution in [3.05, 3.63) is 59.4 Å². The molecule has 0 aromatic heterocycles. The SMILES string of the molecule is CC.Cc1cc(OCc2ccccc2F)ccc1N. The van der Waals surface area contributed by atoms with Crippen molar-refractivity contribution in [3.63, 3.8) is 0 Å². The lowest BCUT2D eigenvalue weighted by Gasteiger charge is -2.08. The molecular weight excluding hydrogens is 241 g/mol. The molecule has 0 fully saturated rings. The highest BCUT2D eigenvalue weighted by Gasteiger charge is 2.02. The van der Waals surface area contributed by atoms with Gasteiger partial charge in [-0.05, 0) is 36.8 Å². The van der Waals surface area contributed by atoms with Gasteiger partial charge in [0.25, 0.3) is 0 Å². The lowest BCUT2D eigenvalue weighted by Crippen LogP contribution is -1.99. The molecular formula is C16H20FNO. The van der Waals surface area contributed by atoms with Crippen molar-refractivity contribution < 1.29 is 9.13 Å². The van der Waals surface area contributed by atoms with Crippen LogP contribution >= 0.6 is 0 Å². The minimum absolute atomic E-state index is 0.218. The van der Waals surface area contributed by atoms with E-state index in [1.807, 2.05) is 26.8 Å². The molecule has 2 nitrogen and oxygen atoms in total. The van der Waals surface area contributed by atoms with E-state index in [0.717, 1.165) is 11.3 Å². The Morgan fingerprint density at radius 3 is 2.42 bits per heavy atom. The molecule has 0 saturated carbocycles. The second kappa shape index (κ2) is 7.41. The summed E-state index contributed by atoms with van der Waals surface area (Å²) in [6.07, 6.45) is 0. The summed E-state index contributed by atoms with van der Waals surface area (Å²) < 4.78 is 18.8. The predicted molar refractivity (Wildman–Crippen MR) is 77.7 cm³/mol. The third-order valence-corrected chi connectivity index (χ3v) is 2.59. The summed E-state index contributed by atoms with van der Waals surface area (Å²) in [6.45, 7) is 6.13. The summed E-state index contributed by atoms with van der Waals surface area (Å²) in [6, 6.07) is 12.0. The molecule has 2 rings (SSSR count). The van der Waals surface area contributed by atoms with E-state index in [2.05, 4.69) is 0 Å². The van der Waals surface area contributed by atoms with Gasteiger partial charge in [-0.2, -0.15) is 0 Å². The van der Waals surface area contributed by atoms with Crippen LogP contribution in [0.15, 0.2) is 42.5 Å². The Morgan fingerprint density at radius 1 is 1.11 bits per heavy atom. The molecule has 2 N–H and O–H groups in total. The van der Waals surface area contributed by atoms with Crippen LogP contribution < -0.4 is 10.5 Å². The summed E-state index contributed by atoms with van der Waals surface area (Å²) >= 11 is 0. The third kappa shape index (κ3) is 4.28. The van der Waals surface area contributed by atoms with E-state index >= 15 is 0 Å². The Bertz CT molecular complexity index is 526. The molecule has 102 valence electrons. The molecule has 0 aliphatic carbocycles. The minimum atomic E-state index is -0.250. The number of benzene rings is 2. The zero-order valence-electron chi connectivity index (χ0n) is 11.6. The molecule has 0 aliphatic rings. The molecule has 0 heterocycles. The molecule has 2 aromatic rings. The van der Waals surface area contributed by atoms with Gasteiger partial charge < -0.3 is 10.5 Å². The molecule has 0 spiro atoms. The molecule has 3 heteroatoms. The van der Waals surface area contributed by atoms with Crippen LogP contribution in [0.5, 0.6) is 5.75 Å². The smallest absolute Gasteiger partial charge is 0.129 e. The highest BCUT2D eigenvalue weighted by Crippen LogP contribution is 2.20. The molecule has 0 bridgehead atoms. The van der Waals surface area contributed by atoms with E-state index in [0.29, 0.717) is 11.3 Å². The maximum absolute atomic E-state index is 13.3. The first-order valence-corrected chi connectivity index (χ1v) is 6.39. The van der Waals surface area contributed by atoms with E-state index in [-0.39, 0.29) is 12.4 Å². The Hall–Kier alpha value is -2.03. The van der Waals surface area contributed by atoms with Crippen LogP contribution in [0.25, 0.3) is 0 Å². The van der Waals surface area contributed by atoms with Crippen molar-refractivity contribution in [2.24, 2.45) is 0 Å². The summed E-state index contributed by atoms with van der Waals surface area (Å²) in [5.74, 6) is 0.444. The van der Waals surface area contributed by atoms with Crippen molar-refractivity contribution in [2.75, 3.05) is 5.73 Å². The lowest BCUT2D eigenvalue weighted by molar-refractivity contribution is 0.299. The number of hydrogen-bond acceptors (Lipinski definition) is 2. The molecule has 19 heavy (non-hydrogen) atoms. The highest BCUT2D eigenvalue weighted by molar-refractivity contribution is 5.49. The van der Waals surface area contributed by atoms with Crippen LogP contribution in [0.1, 0.15) is 25.0 Å². The molecule has 0 amide bonds. The topological polar surface area (TPSA) is 35.2 Å². The average molecular weight is 261 g/mol. The maximum Gasteiger partial charge on any atom is 0.129 e. The number of anilines is 1. The lowest BCUT2D eigenvalue weighted by atomic mass is 10.2. The predicted octanol–water partition coefficient (Wildman–Crippen LogP) is 4.32. The third-order valence-electron chi connectivity index (χ3n) is 2.59. The number of rotatable bonds is 3. The van der Waals surface area contributed by atoms with Gasteiger partial charge in [0.15, 0.2) is 0 Å². The number of nitrogens with two attached hydrogens (primary N) is 1. The van der Waals surface area contributed by atoms with Crippen LogP contribution in [0.4, 0.5) is 10.1 Å². The number of aryl methyl sites for hydroxylation is 1.